The first-order chi connectivity index (χ1) is 17.4. The monoisotopic (exact) mass is 489 g/mol. The molecule has 1 saturated heterocycles. The van der Waals surface area contributed by atoms with Crippen molar-refractivity contribution < 1.29 is 14.4 Å². The number of para-hydroxylation sites is 1. The van der Waals surface area contributed by atoms with Gasteiger partial charge in [-0.3, -0.25) is 9.59 Å². The average Bonchev–Trinajstić information content (AvgIpc) is 3.43. The van der Waals surface area contributed by atoms with Crippen molar-refractivity contribution in [2.45, 2.75) is 38.8 Å². The standard InChI is InChI=1S/C28H35N5O3/c1-5-16-36-30-21-18-26(33(19-21)27(34)12-9-15-31(3)4)28(35)29-20-13-14-25-23(17-20)22-10-7-8-11-24(22)32(25)6-2/h5,7-8,10-11,13-14,17,26H,1,6,9,12,15-16,18-19H2,2-4H3,(H,29,35)/t26-/m0/s1. The lowest BCUT2D eigenvalue weighted by Gasteiger charge is -2.23. The molecule has 190 valence electrons. The van der Waals surface area contributed by atoms with Gasteiger partial charge in [-0.05, 0) is 58.3 Å². The van der Waals surface area contributed by atoms with Gasteiger partial charge in [0.1, 0.15) is 12.6 Å². The van der Waals surface area contributed by atoms with Crippen LogP contribution in [0.2, 0.25) is 0 Å². The molecule has 0 unspecified atom stereocenters. The van der Waals surface area contributed by atoms with Crippen LogP contribution in [0.5, 0.6) is 0 Å². The van der Waals surface area contributed by atoms with Gasteiger partial charge in [0, 0.05) is 46.9 Å². The number of aryl methyl sites for hydroxylation is 1. The van der Waals surface area contributed by atoms with E-state index in [0.717, 1.165) is 35.8 Å². The van der Waals surface area contributed by atoms with Gasteiger partial charge in [0.15, 0.2) is 0 Å². The van der Waals surface area contributed by atoms with Crippen molar-refractivity contribution in [2.75, 3.05) is 39.1 Å². The average molecular weight is 490 g/mol. The molecule has 1 aromatic heterocycles. The van der Waals surface area contributed by atoms with Gasteiger partial charge < -0.3 is 24.5 Å². The second-order valence-corrected chi connectivity index (χ2v) is 9.37. The Morgan fingerprint density at radius 2 is 1.97 bits per heavy atom. The molecule has 2 amide bonds. The topological polar surface area (TPSA) is 79.2 Å². The number of rotatable bonds is 10. The number of anilines is 1. The first-order valence-corrected chi connectivity index (χ1v) is 12.5. The molecular weight excluding hydrogens is 454 g/mol. The normalized spacial score (nSPS) is 16.8. The predicted molar refractivity (Wildman–Crippen MR) is 145 cm³/mol. The van der Waals surface area contributed by atoms with Crippen LogP contribution >= 0.6 is 0 Å². The summed E-state index contributed by atoms with van der Waals surface area (Å²) in [6.07, 6.45) is 3.07. The number of oxime groups is 1. The SMILES string of the molecule is C=CCON=C1C[C@@H](C(=O)Nc2ccc3c(c2)c2ccccc2n3CC)N(C(=O)CCCN(C)C)C1. The third kappa shape index (κ3) is 5.44. The molecule has 1 N–H and O–H groups in total. The Morgan fingerprint density at radius 1 is 1.19 bits per heavy atom. The van der Waals surface area contributed by atoms with Gasteiger partial charge in [-0.1, -0.05) is 36.0 Å². The fourth-order valence-corrected chi connectivity index (χ4v) is 4.84. The molecule has 8 heteroatoms. The smallest absolute Gasteiger partial charge is 0.247 e. The van der Waals surface area contributed by atoms with E-state index < -0.39 is 6.04 Å². The van der Waals surface area contributed by atoms with Gasteiger partial charge in [0.2, 0.25) is 11.8 Å². The van der Waals surface area contributed by atoms with E-state index in [1.165, 1.54) is 5.52 Å². The Balaban J connectivity index is 1.56. The van der Waals surface area contributed by atoms with Gasteiger partial charge in [-0.25, -0.2) is 0 Å². The number of hydrogen-bond donors (Lipinski definition) is 1. The van der Waals surface area contributed by atoms with Gasteiger partial charge in [-0.2, -0.15) is 0 Å². The van der Waals surface area contributed by atoms with Crippen molar-refractivity contribution in [3.8, 4) is 0 Å². The van der Waals surface area contributed by atoms with Crippen LogP contribution < -0.4 is 5.32 Å². The lowest BCUT2D eigenvalue weighted by atomic mass is 10.1. The number of hydrogen-bond acceptors (Lipinski definition) is 5. The molecule has 1 aliphatic rings. The van der Waals surface area contributed by atoms with E-state index in [2.05, 4.69) is 40.7 Å². The lowest BCUT2D eigenvalue weighted by Crippen LogP contribution is -2.43. The lowest BCUT2D eigenvalue weighted by molar-refractivity contribution is -0.136. The number of nitrogens with zero attached hydrogens (tertiary/aromatic N) is 4. The molecule has 1 aliphatic heterocycles. The van der Waals surface area contributed by atoms with Crippen LogP contribution in [0.3, 0.4) is 0 Å². The van der Waals surface area contributed by atoms with E-state index in [1.807, 2.05) is 49.3 Å². The minimum absolute atomic E-state index is 0.0487. The Morgan fingerprint density at radius 3 is 2.72 bits per heavy atom. The van der Waals surface area contributed by atoms with Crippen molar-refractivity contribution in [3.63, 3.8) is 0 Å². The highest BCUT2D eigenvalue weighted by atomic mass is 16.6. The van der Waals surface area contributed by atoms with Crippen LogP contribution in [-0.4, -0.2) is 71.7 Å². The number of aromatic nitrogens is 1. The summed E-state index contributed by atoms with van der Waals surface area (Å²) in [5, 5.41) is 9.44. The van der Waals surface area contributed by atoms with Gasteiger partial charge in [0.05, 0.1) is 12.3 Å². The maximum Gasteiger partial charge on any atom is 0.247 e. The van der Waals surface area contributed by atoms with E-state index in [1.54, 1.807) is 11.0 Å². The minimum atomic E-state index is -0.629. The predicted octanol–water partition coefficient (Wildman–Crippen LogP) is 4.25. The van der Waals surface area contributed by atoms with Crippen LogP contribution in [0.1, 0.15) is 26.2 Å². The van der Waals surface area contributed by atoms with Crippen LogP contribution in [-0.2, 0) is 21.0 Å². The number of carbonyl (C=O) groups excluding carboxylic acids is 2. The summed E-state index contributed by atoms with van der Waals surface area (Å²) in [5.74, 6) is -0.268. The first-order valence-electron chi connectivity index (χ1n) is 12.5. The summed E-state index contributed by atoms with van der Waals surface area (Å²) in [6, 6.07) is 13.6. The Hall–Kier alpha value is -3.65. The maximum atomic E-state index is 13.4. The zero-order valence-electron chi connectivity index (χ0n) is 21.4. The van der Waals surface area contributed by atoms with Crippen molar-refractivity contribution >= 4 is 45.0 Å². The molecule has 0 radical (unpaired) electrons. The highest BCUT2D eigenvalue weighted by Crippen LogP contribution is 2.31. The fourth-order valence-electron chi connectivity index (χ4n) is 4.84. The number of nitrogens with one attached hydrogen (secondary N) is 1. The summed E-state index contributed by atoms with van der Waals surface area (Å²) >= 11 is 0. The van der Waals surface area contributed by atoms with Gasteiger partial charge in [-0.15, -0.1) is 0 Å². The van der Waals surface area contributed by atoms with E-state index in [0.29, 0.717) is 30.8 Å². The second-order valence-electron chi connectivity index (χ2n) is 9.37. The van der Waals surface area contributed by atoms with Crippen molar-refractivity contribution in [1.29, 1.82) is 0 Å². The molecule has 0 saturated carbocycles. The van der Waals surface area contributed by atoms with Crippen molar-refractivity contribution in [1.82, 2.24) is 14.4 Å². The molecule has 2 aromatic carbocycles. The molecule has 1 atom stereocenters. The van der Waals surface area contributed by atoms with E-state index in [-0.39, 0.29) is 18.4 Å². The molecule has 0 aliphatic carbocycles. The zero-order valence-corrected chi connectivity index (χ0v) is 21.4. The van der Waals surface area contributed by atoms with Crippen LogP contribution in [0.4, 0.5) is 5.69 Å². The number of amides is 2. The first kappa shape index (κ1) is 25.4. The summed E-state index contributed by atoms with van der Waals surface area (Å²) in [4.78, 5) is 35.4. The second kappa shape index (κ2) is 11.4. The number of benzene rings is 2. The summed E-state index contributed by atoms with van der Waals surface area (Å²) < 4.78 is 2.27. The molecule has 0 spiro atoms. The maximum absolute atomic E-state index is 13.4. The molecule has 0 bridgehead atoms. The number of carbonyl (C=O) groups is 2. The largest absolute Gasteiger partial charge is 0.392 e. The van der Waals surface area contributed by atoms with Gasteiger partial charge in [0.25, 0.3) is 0 Å². The highest BCUT2D eigenvalue weighted by molar-refractivity contribution is 6.11. The minimum Gasteiger partial charge on any atom is -0.392 e. The number of fused-ring (bicyclic) bond motifs is 3. The third-order valence-corrected chi connectivity index (χ3v) is 6.52. The highest BCUT2D eigenvalue weighted by Gasteiger charge is 2.38. The van der Waals surface area contributed by atoms with E-state index >= 15 is 0 Å². The quantitative estimate of drug-likeness (QED) is 0.262. The van der Waals surface area contributed by atoms with Crippen molar-refractivity contribution in [3.05, 3.63) is 55.1 Å². The molecule has 2 heterocycles. The summed E-state index contributed by atoms with van der Waals surface area (Å²) in [7, 11) is 3.96. The Bertz CT molecular complexity index is 1290. The Labute approximate surface area is 212 Å². The van der Waals surface area contributed by atoms with Crippen LogP contribution in [0.25, 0.3) is 21.8 Å². The molecule has 36 heavy (non-hydrogen) atoms. The zero-order chi connectivity index (χ0) is 25.7. The third-order valence-electron chi connectivity index (χ3n) is 6.52. The van der Waals surface area contributed by atoms with E-state index in [9.17, 15) is 9.59 Å². The van der Waals surface area contributed by atoms with Gasteiger partial charge >= 0.3 is 0 Å². The van der Waals surface area contributed by atoms with E-state index in [4.69, 9.17) is 4.84 Å². The van der Waals surface area contributed by atoms with Crippen LogP contribution in [0, 0.1) is 0 Å². The van der Waals surface area contributed by atoms with Crippen molar-refractivity contribution in [2.24, 2.45) is 5.16 Å². The fraction of sp³-hybridized carbons (Fsp3) is 0.393. The number of likely N-dealkylation sites (tertiary alicyclic amines) is 1. The summed E-state index contributed by atoms with van der Waals surface area (Å²) in [6.45, 7) is 8.00. The van der Waals surface area contributed by atoms with Crippen LogP contribution in [0.15, 0.2) is 60.3 Å². The molecule has 4 rings (SSSR count). The molecule has 3 aromatic rings. The summed E-state index contributed by atoms with van der Waals surface area (Å²) in [5.41, 5.74) is 3.69. The molecule has 8 nitrogen and oxygen atoms in total. The Kier molecular flexibility index (Phi) is 8.05. The molecule has 1 fully saturated rings. The molecular formula is C28H35N5O3.